The molecule has 180 valence electrons. The molecule has 0 bridgehead atoms. The highest BCUT2D eigenvalue weighted by Gasteiger charge is 2.38. The fourth-order valence-electron chi connectivity index (χ4n) is 5.33. The lowest BCUT2D eigenvalue weighted by atomic mass is 9.92. The minimum Gasteiger partial charge on any atom is -0.337 e. The van der Waals surface area contributed by atoms with Crippen molar-refractivity contribution in [2.75, 3.05) is 26.2 Å². The quantitative estimate of drug-likeness (QED) is 0.760. The fourth-order valence-corrected chi connectivity index (χ4v) is 5.33. The van der Waals surface area contributed by atoms with E-state index in [1.54, 1.807) is 4.90 Å². The van der Waals surface area contributed by atoms with Crippen LogP contribution in [0.3, 0.4) is 0 Å². The zero-order valence-corrected chi connectivity index (χ0v) is 20.1. The van der Waals surface area contributed by atoms with Crippen LogP contribution in [-0.4, -0.2) is 70.8 Å². The molecule has 7 heteroatoms. The van der Waals surface area contributed by atoms with Gasteiger partial charge in [-0.2, -0.15) is 0 Å². The van der Waals surface area contributed by atoms with Crippen LogP contribution in [0.15, 0.2) is 24.3 Å². The van der Waals surface area contributed by atoms with Gasteiger partial charge in [-0.1, -0.05) is 57.4 Å². The van der Waals surface area contributed by atoms with Crippen molar-refractivity contribution >= 4 is 17.8 Å². The molecule has 1 N–H and O–H groups in total. The Balaban J connectivity index is 1.38. The molecule has 33 heavy (non-hydrogen) atoms. The first-order valence-corrected chi connectivity index (χ1v) is 12.6. The minimum atomic E-state index is -0.464. The Labute approximate surface area is 197 Å². The van der Waals surface area contributed by atoms with Crippen molar-refractivity contribution in [3.63, 3.8) is 0 Å². The lowest BCUT2D eigenvalue weighted by molar-refractivity contribution is -0.148. The molecule has 2 heterocycles. The van der Waals surface area contributed by atoms with Crippen LogP contribution in [0.4, 0.5) is 4.79 Å². The van der Waals surface area contributed by atoms with Crippen molar-refractivity contribution in [3.05, 3.63) is 35.4 Å². The van der Waals surface area contributed by atoms with Gasteiger partial charge in [0, 0.05) is 51.6 Å². The van der Waals surface area contributed by atoms with E-state index in [1.807, 2.05) is 35.8 Å². The van der Waals surface area contributed by atoms with E-state index in [4.69, 9.17) is 0 Å². The lowest BCUT2D eigenvalue weighted by Gasteiger charge is -2.41. The van der Waals surface area contributed by atoms with Gasteiger partial charge in [0.25, 0.3) is 0 Å². The monoisotopic (exact) mass is 454 g/mol. The third kappa shape index (κ3) is 5.68. The first kappa shape index (κ1) is 23.6. The average molecular weight is 455 g/mol. The second-order valence-corrected chi connectivity index (χ2v) is 10.2. The first-order chi connectivity index (χ1) is 15.9. The van der Waals surface area contributed by atoms with E-state index in [-0.39, 0.29) is 29.8 Å². The van der Waals surface area contributed by atoms with Crippen molar-refractivity contribution < 1.29 is 14.4 Å². The molecule has 1 aromatic carbocycles. The maximum absolute atomic E-state index is 13.6. The van der Waals surface area contributed by atoms with Crippen molar-refractivity contribution in [2.24, 2.45) is 5.92 Å². The van der Waals surface area contributed by atoms with Gasteiger partial charge >= 0.3 is 6.03 Å². The summed E-state index contributed by atoms with van der Waals surface area (Å²) in [5.74, 6) is 0.300. The zero-order valence-electron chi connectivity index (χ0n) is 20.1. The number of amides is 4. The second kappa shape index (κ2) is 10.6. The van der Waals surface area contributed by atoms with Crippen molar-refractivity contribution in [2.45, 2.75) is 77.4 Å². The average Bonchev–Trinajstić information content (AvgIpc) is 2.83. The van der Waals surface area contributed by atoms with Crippen LogP contribution in [0.1, 0.15) is 63.5 Å². The largest absolute Gasteiger partial charge is 0.337 e. The summed E-state index contributed by atoms with van der Waals surface area (Å²) in [4.78, 5) is 44.8. The predicted octanol–water partition coefficient (Wildman–Crippen LogP) is 3.17. The zero-order chi connectivity index (χ0) is 23.4. The maximum atomic E-state index is 13.6. The number of nitrogens with zero attached hydrogens (tertiary/aromatic N) is 3. The Morgan fingerprint density at radius 1 is 0.939 bits per heavy atom. The number of rotatable bonds is 4. The summed E-state index contributed by atoms with van der Waals surface area (Å²) in [7, 11) is 0. The molecule has 1 saturated carbocycles. The number of urea groups is 1. The predicted molar refractivity (Wildman–Crippen MR) is 127 cm³/mol. The van der Waals surface area contributed by atoms with Crippen LogP contribution in [0.2, 0.25) is 0 Å². The van der Waals surface area contributed by atoms with E-state index in [1.165, 1.54) is 19.3 Å². The lowest BCUT2D eigenvalue weighted by Crippen LogP contribution is -2.59. The van der Waals surface area contributed by atoms with Gasteiger partial charge in [0.1, 0.15) is 6.04 Å². The van der Waals surface area contributed by atoms with Crippen LogP contribution in [0.5, 0.6) is 0 Å². The molecule has 4 rings (SSSR count). The molecule has 1 atom stereocenters. The molecule has 7 nitrogen and oxygen atoms in total. The molecular formula is C26H38N4O3. The molecule has 2 fully saturated rings. The molecular weight excluding hydrogens is 416 g/mol. The van der Waals surface area contributed by atoms with E-state index < -0.39 is 6.04 Å². The van der Waals surface area contributed by atoms with Crippen LogP contribution in [0, 0.1) is 5.92 Å². The molecule has 0 spiro atoms. The Morgan fingerprint density at radius 3 is 2.24 bits per heavy atom. The van der Waals surface area contributed by atoms with E-state index in [2.05, 4.69) is 17.4 Å². The highest BCUT2D eigenvalue weighted by atomic mass is 16.2. The SMILES string of the molecule is CC(C)CC(=O)N1Cc2ccccc2CC1C(=O)N1CCN(C(=O)NC2CCCCC2)CC1. The van der Waals surface area contributed by atoms with Crippen LogP contribution in [-0.2, 0) is 22.6 Å². The Hall–Kier alpha value is -2.57. The van der Waals surface area contributed by atoms with Crippen molar-refractivity contribution in [1.82, 2.24) is 20.0 Å². The molecule has 0 aromatic heterocycles. The minimum absolute atomic E-state index is 0.00525. The number of hydrogen-bond donors (Lipinski definition) is 1. The van der Waals surface area contributed by atoms with Gasteiger partial charge in [0.05, 0.1) is 0 Å². The second-order valence-electron chi connectivity index (χ2n) is 10.2. The highest BCUT2D eigenvalue weighted by Crippen LogP contribution is 2.26. The first-order valence-electron chi connectivity index (χ1n) is 12.6. The summed E-state index contributed by atoms with van der Waals surface area (Å²) in [6, 6.07) is 7.92. The number of benzene rings is 1. The molecule has 1 unspecified atom stereocenters. The Morgan fingerprint density at radius 2 is 1.58 bits per heavy atom. The summed E-state index contributed by atoms with van der Waals surface area (Å²) >= 11 is 0. The molecule has 4 amide bonds. The van der Waals surface area contributed by atoms with Gasteiger partial charge in [-0.3, -0.25) is 9.59 Å². The summed E-state index contributed by atoms with van der Waals surface area (Å²) in [6.45, 7) is 6.65. The number of carbonyl (C=O) groups is 3. The van der Waals surface area contributed by atoms with Crippen molar-refractivity contribution in [1.29, 1.82) is 0 Å². The van der Waals surface area contributed by atoms with Gasteiger partial charge in [0.15, 0.2) is 0 Å². The van der Waals surface area contributed by atoms with Crippen LogP contribution in [0.25, 0.3) is 0 Å². The normalized spacial score (nSPS) is 21.7. The topological polar surface area (TPSA) is 73.0 Å². The van der Waals surface area contributed by atoms with E-state index in [0.29, 0.717) is 45.6 Å². The van der Waals surface area contributed by atoms with Crippen LogP contribution >= 0.6 is 0 Å². The van der Waals surface area contributed by atoms with E-state index in [9.17, 15) is 14.4 Å². The van der Waals surface area contributed by atoms with E-state index >= 15 is 0 Å². The van der Waals surface area contributed by atoms with Gasteiger partial charge in [0.2, 0.25) is 11.8 Å². The van der Waals surface area contributed by atoms with Gasteiger partial charge in [-0.05, 0) is 29.9 Å². The smallest absolute Gasteiger partial charge is 0.317 e. The highest BCUT2D eigenvalue weighted by molar-refractivity contribution is 5.89. The van der Waals surface area contributed by atoms with Gasteiger partial charge in [-0.25, -0.2) is 4.79 Å². The standard InChI is InChI=1S/C26H38N4O3/c1-19(2)16-24(31)30-18-21-9-7-6-8-20(21)17-23(30)25(32)28-12-14-29(15-13-28)26(33)27-22-10-4-3-5-11-22/h6-9,19,22-23H,3-5,10-18H2,1-2H3,(H,27,33). The number of piperazine rings is 1. The third-order valence-corrected chi connectivity index (χ3v) is 7.25. The van der Waals surface area contributed by atoms with E-state index in [0.717, 1.165) is 24.0 Å². The maximum Gasteiger partial charge on any atom is 0.317 e. The summed E-state index contributed by atoms with van der Waals surface area (Å²) < 4.78 is 0. The Kier molecular flexibility index (Phi) is 7.56. The summed E-state index contributed by atoms with van der Waals surface area (Å²) in [5.41, 5.74) is 2.28. The number of fused-ring (bicyclic) bond motifs is 1. The van der Waals surface area contributed by atoms with Crippen LogP contribution < -0.4 is 5.32 Å². The third-order valence-electron chi connectivity index (χ3n) is 7.25. The molecule has 1 saturated heterocycles. The summed E-state index contributed by atoms with van der Waals surface area (Å²) in [6.07, 6.45) is 6.76. The molecule has 2 aliphatic heterocycles. The molecule has 3 aliphatic rings. The number of nitrogens with one attached hydrogen (secondary N) is 1. The number of hydrogen-bond acceptors (Lipinski definition) is 3. The molecule has 1 aromatic rings. The van der Waals surface area contributed by atoms with Gasteiger partial charge in [-0.15, -0.1) is 0 Å². The summed E-state index contributed by atoms with van der Waals surface area (Å²) in [5, 5.41) is 3.18. The van der Waals surface area contributed by atoms with Gasteiger partial charge < -0.3 is 20.0 Å². The Bertz CT molecular complexity index is 857. The fraction of sp³-hybridized carbons (Fsp3) is 0.654. The number of carbonyl (C=O) groups excluding carboxylic acids is 3. The molecule has 1 aliphatic carbocycles. The molecule has 0 radical (unpaired) electrons. The van der Waals surface area contributed by atoms with Crippen molar-refractivity contribution in [3.8, 4) is 0 Å².